The maximum atomic E-state index is 12.1. The minimum Gasteiger partial charge on any atom is -0.481 e. The summed E-state index contributed by atoms with van der Waals surface area (Å²) in [5.41, 5.74) is 4.44. The summed E-state index contributed by atoms with van der Waals surface area (Å²) in [5, 5.41) is 13.7. The minimum atomic E-state index is -3.61. The van der Waals surface area contributed by atoms with Crippen LogP contribution in [0.25, 0.3) is 0 Å². The summed E-state index contributed by atoms with van der Waals surface area (Å²) in [7, 11) is 0. The van der Waals surface area contributed by atoms with Crippen molar-refractivity contribution in [2.45, 2.75) is 17.7 Å². The molecule has 0 bridgehead atoms. The normalized spacial score (nSPS) is 10.3. The molecule has 0 saturated heterocycles. The zero-order valence-corrected chi connectivity index (χ0v) is 8.03. The molecule has 0 radical (unpaired) electrons. The van der Waals surface area contributed by atoms with Crippen molar-refractivity contribution >= 4 is 35.0 Å². The molecule has 0 rings (SSSR count). The van der Waals surface area contributed by atoms with Crippen LogP contribution in [0.4, 0.5) is 8.78 Å². The lowest BCUT2D eigenvalue weighted by Crippen LogP contribution is -2.40. The predicted molar refractivity (Wildman–Crippen MR) is 45.7 cm³/mol. The van der Waals surface area contributed by atoms with Gasteiger partial charge in [-0.05, 0) is 0 Å². The Bertz CT molecular complexity index is 195. The molecular formula is C5H8Cl2F2N2O2. The Balaban J connectivity index is 0. The van der Waals surface area contributed by atoms with E-state index in [1.165, 1.54) is 0 Å². The van der Waals surface area contributed by atoms with Gasteiger partial charge in [-0.15, -0.1) is 0 Å². The van der Waals surface area contributed by atoms with E-state index in [-0.39, 0.29) is 0 Å². The van der Waals surface area contributed by atoms with Crippen LogP contribution >= 0.6 is 23.2 Å². The van der Waals surface area contributed by atoms with E-state index in [4.69, 9.17) is 38.5 Å². The zero-order valence-electron chi connectivity index (χ0n) is 6.52. The van der Waals surface area contributed by atoms with Crippen LogP contribution in [0.5, 0.6) is 0 Å². The molecule has 78 valence electrons. The highest BCUT2D eigenvalue weighted by Gasteiger charge is 2.40. The molecule has 4 N–H and O–H groups in total. The van der Waals surface area contributed by atoms with E-state index in [9.17, 15) is 8.78 Å². The third kappa shape index (κ3) is 7.73. The average Bonchev–Trinajstić information content (AvgIpc) is 1.85. The van der Waals surface area contributed by atoms with Gasteiger partial charge >= 0.3 is 5.92 Å². The highest BCUT2D eigenvalue weighted by molar-refractivity contribution is 6.46. The van der Waals surface area contributed by atoms with Crippen molar-refractivity contribution in [3.05, 3.63) is 0 Å². The highest BCUT2D eigenvalue weighted by atomic mass is 35.5. The van der Waals surface area contributed by atoms with Gasteiger partial charge in [-0.1, -0.05) is 23.2 Å². The van der Waals surface area contributed by atoms with Crippen LogP contribution in [0.2, 0.25) is 0 Å². The fourth-order valence-corrected chi connectivity index (χ4v) is 0.353. The predicted octanol–water partition coefficient (Wildman–Crippen LogP) is 1.45. The SMILES string of the molecule is CC(=O)O.N=C(N)C(F)(F)C(Cl)Cl. The number of rotatable bonds is 2. The van der Waals surface area contributed by atoms with Crippen LogP contribution in [-0.4, -0.2) is 27.7 Å². The van der Waals surface area contributed by atoms with Gasteiger partial charge in [-0.2, -0.15) is 8.78 Å². The number of nitrogens with one attached hydrogen (secondary N) is 1. The number of halogens is 4. The quantitative estimate of drug-likeness (QED) is 0.386. The Morgan fingerprint density at radius 1 is 1.62 bits per heavy atom. The number of hydrogen-bond donors (Lipinski definition) is 3. The van der Waals surface area contributed by atoms with Gasteiger partial charge in [0, 0.05) is 6.92 Å². The third-order valence-corrected chi connectivity index (χ3v) is 1.18. The van der Waals surface area contributed by atoms with Crippen LogP contribution in [-0.2, 0) is 4.79 Å². The van der Waals surface area contributed by atoms with Crippen LogP contribution in [0.3, 0.4) is 0 Å². The third-order valence-electron chi connectivity index (χ3n) is 0.633. The van der Waals surface area contributed by atoms with Gasteiger partial charge in [-0.3, -0.25) is 10.2 Å². The molecule has 0 heterocycles. The van der Waals surface area contributed by atoms with Crippen LogP contribution < -0.4 is 5.73 Å². The first kappa shape index (κ1) is 14.9. The number of nitrogens with two attached hydrogens (primary N) is 1. The first-order valence-corrected chi connectivity index (χ1v) is 3.69. The van der Waals surface area contributed by atoms with Crippen molar-refractivity contribution in [3.8, 4) is 0 Å². The molecule has 0 saturated carbocycles. The molecule has 4 nitrogen and oxygen atoms in total. The van der Waals surface area contributed by atoms with Gasteiger partial charge in [0.15, 0.2) is 10.7 Å². The second-order valence-corrected chi connectivity index (χ2v) is 2.95. The number of aliphatic carboxylic acids is 1. The van der Waals surface area contributed by atoms with E-state index in [2.05, 4.69) is 5.73 Å². The Morgan fingerprint density at radius 2 is 1.85 bits per heavy atom. The molecule has 8 heteroatoms. The van der Waals surface area contributed by atoms with Gasteiger partial charge in [0.05, 0.1) is 0 Å². The van der Waals surface area contributed by atoms with E-state index in [0.717, 1.165) is 6.92 Å². The van der Waals surface area contributed by atoms with Gasteiger partial charge in [0.25, 0.3) is 5.97 Å². The first-order chi connectivity index (χ1) is 5.62. The summed E-state index contributed by atoms with van der Waals surface area (Å²) in [6.45, 7) is 1.08. The van der Waals surface area contributed by atoms with E-state index in [1.54, 1.807) is 0 Å². The number of carboxylic acid groups (broad SMARTS) is 1. The summed E-state index contributed by atoms with van der Waals surface area (Å²) >= 11 is 9.52. The smallest absolute Gasteiger partial charge is 0.332 e. The number of hydrogen-bond acceptors (Lipinski definition) is 2. The second-order valence-electron chi connectivity index (χ2n) is 1.86. The fourth-order valence-electron chi connectivity index (χ4n) is 0.118. The molecule has 0 spiro atoms. The number of carboxylic acids is 1. The number of carbonyl (C=O) groups is 1. The first-order valence-electron chi connectivity index (χ1n) is 2.82. The van der Waals surface area contributed by atoms with Crippen molar-refractivity contribution in [2.24, 2.45) is 5.73 Å². The number of alkyl halides is 4. The van der Waals surface area contributed by atoms with Gasteiger partial charge in [0.1, 0.15) is 0 Å². The van der Waals surface area contributed by atoms with Gasteiger partial charge < -0.3 is 10.8 Å². The summed E-state index contributed by atoms with van der Waals surface area (Å²) < 4.78 is 24.1. The molecule has 0 unspecified atom stereocenters. The fraction of sp³-hybridized carbons (Fsp3) is 0.600. The molecular weight excluding hydrogens is 229 g/mol. The largest absolute Gasteiger partial charge is 0.481 e. The Morgan fingerprint density at radius 3 is 1.85 bits per heavy atom. The van der Waals surface area contributed by atoms with E-state index < -0.39 is 22.6 Å². The molecule has 13 heavy (non-hydrogen) atoms. The Labute approximate surface area is 83.1 Å². The maximum Gasteiger partial charge on any atom is 0.332 e. The molecule has 0 amide bonds. The lowest BCUT2D eigenvalue weighted by molar-refractivity contribution is -0.134. The zero-order chi connectivity index (χ0) is 11.2. The van der Waals surface area contributed by atoms with Crippen molar-refractivity contribution < 1.29 is 18.7 Å². The van der Waals surface area contributed by atoms with Crippen LogP contribution in [0.15, 0.2) is 0 Å². The van der Waals surface area contributed by atoms with E-state index >= 15 is 0 Å². The van der Waals surface area contributed by atoms with Gasteiger partial charge in [0.2, 0.25) is 0 Å². The summed E-state index contributed by atoms with van der Waals surface area (Å²) in [5.74, 6) is -5.76. The van der Waals surface area contributed by atoms with Crippen molar-refractivity contribution in [1.82, 2.24) is 0 Å². The molecule has 0 atom stereocenters. The summed E-state index contributed by atoms with van der Waals surface area (Å²) in [6.07, 6.45) is 0. The molecule has 0 aromatic heterocycles. The molecule has 0 aromatic carbocycles. The second kappa shape index (κ2) is 5.93. The van der Waals surface area contributed by atoms with Crippen LogP contribution in [0, 0.1) is 5.41 Å². The van der Waals surface area contributed by atoms with E-state index in [1.807, 2.05) is 0 Å². The topological polar surface area (TPSA) is 87.2 Å². The summed E-state index contributed by atoms with van der Waals surface area (Å²) in [6, 6.07) is 0. The average molecular weight is 237 g/mol. The lowest BCUT2D eigenvalue weighted by atomic mass is 10.3. The molecule has 0 fully saturated rings. The molecule has 0 aliphatic rings. The monoisotopic (exact) mass is 236 g/mol. The summed E-state index contributed by atoms with van der Waals surface area (Å²) in [4.78, 5) is 7.05. The van der Waals surface area contributed by atoms with Crippen molar-refractivity contribution in [1.29, 1.82) is 5.41 Å². The Hall–Kier alpha value is -0.620. The Kier molecular flexibility index (Phi) is 6.79. The van der Waals surface area contributed by atoms with Gasteiger partial charge in [-0.25, -0.2) is 0 Å². The molecule has 0 aromatic rings. The molecule has 0 aliphatic carbocycles. The highest BCUT2D eigenvalue weighted by Crippen LogP contribution is 2.25. The van der Waals surface area contributed by atoms with Crippen molar-refractivity contribution in [2.75, 3.05) is 0 Å². The standard InChI is InChI=1S/C3H4Cl2F2N2.C2H4O2/c4-1(5)3(6,7)2(8)9;1-2(3)4/h1H,(H3,8,9);1H3,(H,3,4). The lowest BCUT2D eigenvalue weighted by Gasteiger charge is -2.13. The maximum absolute atomic E-state index is 12.1. The number of amidine groups is 1. The van der Waals surface area contributed by atoms with E-state index in [0.29, 0.717) is 0 Å². The minimum absolute atomic E-state index is 0.833. The van der Waals surface area contributed by atoms with Crippen molar-refractivity contribution in [3.63, 3.8) is 0 Å². The van der Waals surface area contributed by atoms with Crippen LogP contribution in [0.1, 0.15) is 6.92 Å². The molecule has 0 aliphatic heterocycles.